The lowest BCUT2D eigenvalue weighted by Gasteiger charge is -2.52. The average Bonchev–Trinajstić information content (AvgIpc) is 2.25. The van der Waals surface area contributed by atoms with Gasteiger partial charge in [0.1, 0.15) is 0 Å². The molecule has 1 aliphatic carbocycles. The molecule has 1 saturated carbocycles. The molecular weight excluding hydrogens is 218 g/mol. The number of rotatable bonds is 7. The lowest BCUT2D eigenvalue weighted by molar-refractivity contribution is -0.137. The van der Waals surface area contributed by atoms with Crippen LogP contribution in [0.15, 0.2) is 0 Å². The van der Waals surface area contributed by atoms with Crippen LogP contribution in [0, 0.1) is 5.41 Å². The molecule has 3 atom stereocenters. The Hall–Kier alpha value is -0.610. The Kier molecular flexibility index (Phi) is 4.95. The Morgan fingerprint density at radius 1 is 1.59 bits per heavy atom. The van der Waals surface area contributed by atoms with Crippen LogP contribution in [0.2, 0.25) is 0 Å². The normalized spacial score (nSPS) is 28.5. The van der Waals surface area contributed by atoms with Crippen molar-refractivity contribution >= 4 is 5.97 Å². The first-order valence-corrected chi connectivity index (χ1v) is 6.47. The second kappa shape index (κ2) is 5.83. The fourth-order valence-corrected chi connectivity index (χ4v) is 2.42. The van der Waals surface area contributed by atoms with E-state index >= 15 is 0 Å². The molecule has 0 aromatic heterocycles. The molecule has 1 rings (SSSR count). The SMILES string of the molecule is CCOC1CC(NC(C)CCC(=O)O)C1(C)C. The van der Waals surface area contributed by atoms with Crippen LogP contribution in [-0.2, 0) is 9.53 Å². The molecule has 3 unspecified atom stereocenters. The highest BCUT2D eigenvalue weighted by atomic mass is 16.5. The van der Waals surface area contributed by atoms with Crippen LogP contribution in [0.1, 0.15) is 47.0 Å². The van der Waals surface area contributed by atoms with E-state index in [1.54, 1.807) is 0 Å². The second-order valence-corrected chi connectivity index (χ2v) is 5.55. The van der Waals surface area contributed by atoms with E-state index < -0.39 is 5.97 Å². The van der Waals surface area contributed by atoms with Crippen molar-refractivity contribution in [1.29, 1.82) is 0 Å². The van der Waals surface area contributed by atoms with Gasteiger partial charge < -0.3 is 15.2 Å². The highest BCUT2D eigenvalue weighted by Gasteiger charge is 2.48. The minimum atomic E-state index is -0.723. The van der Waals surface area contributed by atoms with E-state index in [9.17, 15) is 4.79 Å². The van der Waals surface area contributed by atoms with Gasteiger partial charge in [0.2, 0.25) is 0 Å². The van der Waals surface area contributed by atoms with Crippen LogP contribution in [0.25, 0.3) is 0 Å². The van der Waals surface area contributed by atoms with Crippen molar-refractivity contribution in [3.05, 3.63) is 0 Å². The zero-order chi connectivity index (χ0) is 13.1. The first-order valence-electron chi connectivity index (χ1n) is 6.47. The van der Waals surface area contributed by atoms with Crippen LogP contribution in [-0.4, -0.2) is 35.9 Å². The third-order valence-electron chi connectivity index (χ3n) is 3.82. The Labute approximate surface area is 104 Å². The molecule has 0 radical (unpaired) electrons. The van der Waals surface area contributed by atoms with Gasteiger partial charge in [0, 0.05) is 30.5 Å². The summed E-state index contributed by atoms with van der Waals surface area (Å²) in [5.74, 6) is -0.723. The quantitative estimate of drug-likeness (QED) is 0.718. The maximum absolute atomic E-state index is 10.5. The van der Waals surface area contributed by atoms with Crippen LogP contribution < -0.4 is 5.32 Å². The molecule has 0 aliphatic heterocycles. The van der Waals surface area contributed by atoms with Gasteiger partial charge in [0.05, 0.1) is 6.10 Å². The molecule has 0 bridgehead atoms. The number of aliphatic carboxylic acids is 1. The van der Waals surface area contributed by atoms with Crippen LogP contribution in [0.4, 0.5) is 0 Å². The van der Waals surface area contributed by atoms with Crippen LogP contribution in [0.3, 0.4) is 0 Å². The first-order chi connectivity index (χ1) is 7.87. The van der Waals surface area contributed by atoms with Gasteiger partial charge in [-0.2, -0.15) is 0 Å². The number of carboxylic acid groups (broad SMARTS) is 1. The van der Waals surface area contributed by atoms with Crippen LogP contribution in [0.5, 0.6) is 0 Å². The smallest absolute Gasteiger partial charge is 0.303 e. The average molecular weight is 243 g/mol. The van der Waals surface area contributed by atoms with E-state index in [1.165, 1.54) is 0 Å². The van der Waals surface area contributed by atoms with Crippen molar-refractivity contribution in [2.45, 2.75) is 65.1 Å². The third kappa shape index (κ3) is 3.68. The van der Waals surface area contributed by atoms with E-state index in [4.69, 9.17) is 9.84 Å². The van der Waals surface area contributed by atoms with Gasteiger partial charge in [0.15, 0.2) is 0 Å². The summed E-state index contributed by atoms with van der Waals surface area (Å²) in [4.78, 5) is 10.5. The van der Waals surface area contributed by atoms with E-state index in [-0.39, 0.29) is 17.9 Å². The van der Waals surface area contributed by atoms with E-state index in [2.05, 4.69) is 19.2 Å². The molecule has 1 aliphatic rings. The molecule has 0 heterocycles. The number of ether oxygens (including phenoxy) is 1. The lowest BCUT2D eigenvalue weighted by atomic mass is 9.64. The molecule has 4 heteroatoms. The number of nitrogens with one attached hydrogen (secondary N) is 1. The number of hydrogen-bond donors (Lipinski definition) is 2. The predicted octanol–water partition coefficient (Wildman–Crippen LogP) is 2.03. The van der Waals surface area contributed by atoms with Gasteiger partial charge in [-0.1, -0.05) is 13.8 Å². The molecule has 100 valence electrons. The zero-order valence-electron chi connectivity index (χ0n) is 11.3. The molecule has 0 aromatic rings. The fourth-order valence-electron chi connectivity index (χ4n) is 2.42. The van der Waals surface area contributed by atoms with Gasteiger partial charge in [-0.3, -0.25) is 4.79 Å². The molecule has 0 amide bonds. The Balaban J connectivity index is 2.31. The molecule has 2 N–H and O–H groups in total. The summed E-state index contributed by atoms with van der Waals surface area (Å²) in [6.07, 6.45) is 2.27. The Morgan fingerprint density at radius 2 is 2.24 bits per heavy atom. The number of hydrogen-bond acceptors (Lipinski definition) is 3. The summed E-state index contributed by atoms with van der Waals surface area (Å²) >= 11 is 0. The highest BCUT2D eigenvalue weighted by Crippen LogP contribution is 2.42. The Morgan fingerprint density at radius 3 is 2.71 bits per heavy atom. The molecule has 4 nitrogen and oxygen atoms in total. The predicted molar refractivity (Wildman–Crippen MR) is 67.1 cm³/mol. The lowest BCUT2D eigenvalue weighted by Crippen LogP contribution is -2.62. The summed E-state index contributed by atoms with van der Waals surface area (Å²) < 4.78 is 5.67. The molecule has 0 saturated heterocycles. The first kappa shape index (κ1) is 14.5. The Bertz CT molecular complexity index is 265. The van der Waals surface area contributed by atoms with Gasteiger partial charge in [-0.05, 0) is 26.7 Å². The molecule has 0 aromatic carbocycles. The summed E-state index contributed by atoms with van der Waals surface area (Å²) in [7, 11) is 0. The number of carboxylic acids is 1. The second-order valence-electron chi connectivity index (χ2n) is 5.55. The molecular formula is C13H25NO3. The maximum atomic E-state index is 10.5. The molecule has 1 fully saturated rings. The van der Waals surface area contributed by atoms with E-state index in [0.717, 1.165) is 13.0 Å². The van der Waals surface area contributed by atoms with Crippen molar-refractivity contribution in [2.75, 3.05) is 6.61 Å². The van der Waals surface area contributed by atoms with Gasteiger partial charge in [0.25, 0.3) is 0 Å². The topological polar surface area (TPSA) is 58.6 Å². The fraction of sp³-hybridized carbons (Fsp3) is 0.923. The van der Waals surface area contributed by atoms with Crippen molar-refractivity contribution in [3.63, 3.8) is 0 Å². The summed E-state index contributed by atoms with van der Waals surface area (Å²) in [5, 5.41) is 12.1. The number of carbonyl (C=O) groups is 1. The van der Waals surface area contributed by atoms with Crippen molar-refractivity contribution < 1.29 is 14.6 Å². The van der Waals surface area contributed by atoms with Crippen molar-refractivity contribution in [2.24, 2.45) is 5.41 Å². The largest absolute Gasteiger partial charge is 0.481 e. The van der Waals surface area contributed by atoms with Crippen LogP contribution >= 0.6 is 0 Å². The van der Waals surface area contributed by atoms with E-state index in [1.807, 2.05) is 13.8 Å². The molecule has 17 heavy (non-hydrogen) atoms. The van der Waals surface area contributed by atoms with Crippen molar-refractivity contribution in [1.82, 2.24) is 5.32 Å². The summed E-state index contributed by atoms with van der Waals surface area (Å²) in [6.45, 7) is 9.24. The minimum Gasteiger partial charge on any atom is -0.481 e. The van der Waals surface area contributed by atoms with Gasteiger partial charge in [-0.25, -0.2) is 0 Å². The highest BCUT2D eigenvalue weighted by molar-refractivity contribution is 5.66. The minimum absolute atomic E-state index is 0.146. The molecule has 0 spiro atoms. The third-order valence-corrected chi connectivity index (χ3v) is 3.82. The van der Waals surface area contributed by atoms with E-state index in [0.29, 0.717) is 18.6 Å². The maximum Gasteiger partial charge on any atom is 0.303 e. The summed E-state index contributed by atoms with van der Waals surface area (Å²) in [5.41, 5.74) is 0.146. The van der Waals surface area contributed by atoms with Gasteiger partial charge in [-0.15, -0.1) is 0 Å². The monoisotopic (exact) mass is 243 g/mol. The zero-order valence-corrected chi connectivity index (χ0v) is 11.3. The standard InChI is InChI=1S/C13H25NO3/c1-5-17-11-8-10(13(11,3)4)14-9(2)6-7-12(15)16/h9-11,14H,5-8H2,1-4H3,(H,15,16). The van der Waals surface area contributed by atoms with Crippen molar-refractivity contribution in [3.8, 4) is 0 Å². The van der Waals surface area contributed by atoms with Gasteiger partial charge >= 0.3 is 5.97 Å². The summed E-state index contributed by atoms with van der Waals surface area (Å²) in [6, 6.07) is 0.681.